The molecule has 2 aromatic rings. The molecule has 0 aliphatic carbocycles. The van der Waals surface area contributed by atoms with E-state index in [-0.39, 0.29) is 5.91 Å². The molecule has 23 heavy (non-hydrogen) atoms. The second kappa shape index (κ2) is 6.44. The second-order valence-electron chi connectivity index (χ2n) is 6.43. The molecule has 0 atom stereocenters. The molecular weight excluding hydrogens is 290 g/mol. The van der Waals surface area contributed by atoms with E-state index in [1.807, 2.05) is 35.2 Å². The minimum atomic E-state index is 0.104. The van der Waals surface area contributed by atoms with Crippen LogP contribution in [0.15, 0.2) is 34.9 Å². The van der Waals surface area contributed by atoms with Crippen molar-refractivity contribution in [3.8, 4) is 0 Å². The fourth-order valence-electron chi connectivity index (χ4n) is 3.32. The first-order valence-corrected chi connectivity index (χ1v) is 8.17. The van der Waals surface area contributed by atoms with Crippen LogP contribution in [0.5, 0.6) is 0 Å². The van der Waals surface area contributed by atoms with Gasteiger partial charge < -0.3 is 15.2 Å². The Balaban J connectivity index is 1.68. The maximum Gasteiger partial charge on any atom is 0.253 e. The Bertz CT molecular complexity index is 671. The number of likely N-dealkylation sites (tertiary alicyclic amines) is 1. The average molecular weight is 313 g/mol. The highest BCUT2D eigenvalue weighted by Gasteiger charge is 2.29. The number of nitrogen functional groups attached to an aromatic ring is 1. The number of aromatic nitrogens is 1. The van der Waals surface area contributed by atoms with Crippen molar-refractivity contribution < 1.29 is 9.32 Å². The van der Waals surface area contributed by atoms with Crippen molar-refractivity contribution in [3.05, 3.63) is 47.2 Å². The molecule has 122 valence electrons. The number of amides is 1. The fraction of sp³-hybridized carbons (Fsp3) is 0.444. The second-order valence-corrected chi connectivity index (χ2v) is 6.43. The fourth-order valence-corrected chi connectivity index (χ4v) is 3.32. The third-order valence-electron chi connectivity index (χ3n) is 4.55. The number of hydrogen-bond acceptors (Lipinski definition) is 4. The Morgan fingerprint density at radius 3 is 2.52 bits per heavy atom. The molecule has 3 rings (SSSR count). The quantitative estimate of drug-likeness (QED) is 0.942. The van der Waals surface area contributed by atoms with Gasteiger partial charge in [-0.1, -0.05) is 37.2 Å². The van der Waals surface area contributed by atoms with Crippen LogP contribution in [-0.2, 0) is 0 Å². The number of carbonyl (C=O) groups excluding carboxylic acids is 1. The smallest absolute Gasteiger partial charge is 0.253 e. The monoisotopic (exact) mass is 313 g/mol. The van der Waals surface area contributed by atoms with Crippen molar-refractivity contribution >= 4 is 11.8 Å². The minimum absolute atomic E-state index is 0.104. The van der Waals surface area contributed by atoms with Crippen LogP contribution in [0.4, 0.5) is 5.88 Å². The highest BCUT2D eigenvalue weighted by atomic mass is 16.5. The molecule has 0 spiro atoms. The van der Waals surface area contributed by atoms with E-state index in [0.29, 0.717) is 17.7 Å². The van der Waals surface area contributed by atoms with Crippen molar-refractivity contribution in [2.24, 2.45) is 0 Å². The number of carbonyl (C=O) groups is 1. The molecule has 0 bridgehead atoms. The molecule has 1 aromatic heterocycles. The summed E-state index contributed by atoms with van der Waals surface area (Å²) in [5.41, 5.74) is 8.66. The Labute approximate surface area is 136 Å². The zero-order valence-corrected chi connectivity index (χ0v) is 13.7. The first-order chi connectivity index (χ1) is 11.1. The van der Waals surface area contributed by atoms with Gasteiger partial charge >= 0.3 is 0 Å². The number of anilines is 1. The van der Waals surface area contributed by atoms with Gasteiger partial charge in [0.2, 0.25) is 5.88 Å². The number of rotatable bonds is 3. The standard InChI is InChI=1S/C18H23N3O2/c1-12(2)15-16(20-23-17(15)19)13-8-10-21(11-9-13)18(22)14-6-4-3-5-7-14/h3-7,12-13H,8-11,19H2,1-2H3. The van der Waals surface area contributed by atoms with Gasteiger partial charge in [-0.15, -0.1) is 0 Å². The topological polar surface area (TPSA) is 72.4 Å². The van der Waals surface area contributed by atoms with Crippen LogP contribution in [0.1, 0.15) is 60.1 Å². The van der Waals surface area contributed by atoms with Gasteiger partial charge in [0.05, 0.1) is 5.69 Å². The molecule has 2 N–H and O–H groups in total. The maximum absolute atomic E-state index is 12.5. The van der Waals surface area contributed by atoms with Gasteiger partial charge in [-0.3, -0.25) is 4.79 Å². The van der Waals surface area contributed by atoms with Crippen LogP contribution in [0.2, 0.25) is 0 Å². The summed E-state index contributed by atoms with van der Waals surface area (Å²) in [6.07, 6.45) is 1.79. The molecule has 0 radical (unpaired) electrons. The van der Waals surface area contributed by atoms with Crippen LogP contribution >= 0.6 is 0 Å². The Kier molecular flexibility index (Phi) is 4.37. The summed E-state index contributed by atoms with van der Waals surface area (Å²) in [6.45, 7) is 5.67. The first-order valence-electron chi connectivity index (χ1n) is 8.17. The normalized spacial score (nSPS) is 16.0. The van der Waals surface area contributed by atoms with E-state index in [1.54, 1.807) is 0 Å². The zero-order valence-electron chi connectivity index (χ0n) is 13.7. The zero-order chi connectivity index (χ0) is 16.4. The molecule has 1 aromatic carbocycles. The molecule has 1 aliphatic heterocycles. The minimum Gasteiger partial charge on any atom is -0.367 e. The van der Waals surface area contributed by atoms with E-state index in [0.717, 1.165) is 42.8 Å². The number of piperidine rings is 1. The summed E-state index contributed by atoms with van der Waals surface area (Å²) in [5, 5.41) is 4.19. The Hall–Kier alpha value is -2.30. The van der Waals surface area contributed by atoms with Gasteiger partial charge in [0, 0.05) is 30.1 Å². The van der Waals surface area contributed by atoms with Crippen LogP contribution in [0, 0.1) is 0 Å². The van der Waals surface area contributed by atoms with Gasteiger partial charge in [0.1, 0.15) is 0 Å². The highest BCUT2D eigenvalue weighted by Crippen LogP contribution is 2.35. The predicted octanol–water partition coefficient (Wildman–Crippen LogP) is 3.40. The molecule has 0 saturated carbocycles. The van der Waals surface area contributed by atoms with E-state index >= 15 is 0 Å². The van der Waals surface area contributed by atoms with E-state index in [4.69, 9.17) is 10.3 Å². The highest BCUT2D eigenvalue weighted by molar-refractivity contribution is 5.94. The van der Waals surface area contributed by atoms with Crippen LogP contribution in [0.3, 0.4) is 0 Å². The van der Waals surface area contributed by atoms with Crippen molar-refractivity contribution in [2.45, 2.75) is 38.5 Å². The van der Waals surface area contributed by atoms with Crippen LogP contribution in [-0.4, -0.2) is 29.1 Å². The maximum atomic E-state index is 12.5. The lowest BCUT2D eigenvalue weighted by Gasteiger charge is -2.31. The average Bonchev–Trinajstić information content (AvgIpc) is 2.97. The molecule has 1 saturated heterocycles. The lowest BCUT2D eigenvalue weighted by atomic mass is 9.88. The summed E-state index contributed by atoms with van der Waals surface area (Å²) < 4.78 is 5.20. The van der Waals surface area contributed by atoms with Gasteiger partial charge in [-0.2, -0.15) is 0 Å². The van der Waals surface area contributed by atoms with Crippen LogP contribution < -0.4 is 5.73 Å². The molecule has 5 nitrogen and oxygen atoms in total. The Morgan fingerprint density at radius 1 is 1.26 bits per heavy atom. The molecule has 5 heteroatoms. The van der Waals surface area contributed by atoms with Gasteiger partial charge in [-0.25, -0.2) is 0 Å². The van der Waals surface area contributed by atoms with Crippen LogP contribution in [0.25, 0.3) is 0 Å². The summed E-state index contributed by atoms with van der Waals surface area (Å²) in [5.74, 6) is 1.14. The van der Waals surface area contributed by atoms with Crippen molar-refractivity contribution in [1.82, 2.24) is 10.1 Å². The summed E-state index contributed by atoms with van der Waals surface area (Å²) in [4.78, 5) is 14.4. The molecule has 1 aliphatic rings. The summed E-state index contributed by atoms with van der Waals surface area (Å²) in [7, 11) is 0. The summed E-state index contributed by atoms with van der Waals surface area (Å²) >= 11 is 0. The first kappa shape index (κ1) is 15.6. The number of nitrogens with two attached hydrogens (primary N) is 1. The van der Waals surface area contributed by atoms with Crippen molar-refractivity contribution in [1.29, 1.82) is 0 Å². The van der Waals surface area contributed by atoms with Gasteiger partial charge in [-0.05, 0) is 30.9 Å². The lowest BCUT2D eigenvalue weighted by molar-refractivity contribution is 0.0711. The van der Waals surface area contributed by atoms with E-state index in [9.17, 15) is 4.79 Å². The molecule has 1 fully saturated rings. The predicted molar refractivity (Wildman–Crippen MR) is 89.3 cm³/mol. The van der Waals surface area contributed by atoms with Crippen molar-refractivity contribution in [3.63, 3.8) is 0 Å². The lowest BCUT2D eigenvalue weighted by Crippen LogP contribution is -2.38. The van der Waals surface area contributed by atoms with Gasteiger partial charge in [0.15, 0.2) is 0 Å². The van der Waals surface area contributed by atoms with E-state index in [1.165, 1.54) is 0 Å². The number of nitrogens with zero attached hydrogens (tertiary/aromatic N) is 2. The number of hydrogen-bond donors (Lipinski definition) is 1. The van der Waals surface area contributed by atoms with E-state index in [2.05, 4.69) is 19.0 Å². The number of benzene rings is 1. The van der Waals surface area contributed by atoms with Crippen molar-refractivity contribution in [2.75, 3.05) is 18.8 Å². The Morgan fingerprint density at radius 2 is 1.91 bits per heavy atom. The third kappa shape index (κ3) is 3.09. The van der Waals surface area contributed by atoms with Gasteiger partial charge in [0.25, 0.3) is 5.91 Å². The third-order valence-corrected chi connectivity index (χ3v) is 4.55. The molecule has 1 amide bonds. The SMILES string of the molecule is CC(C)c1c(C2CCN(C(=O)c3ccccc3)CC2)noc1N. The molecule has 0 unspecified atom stereocenters. The molecular formula is C18H23N3O2. The molecule has 2 heterocycles. The van der Waals surface area contributed by atoms with E-state index < -0.39 is 0 Å². The summed E-state index contributed by atoms with van der Waals surface area (Å²) in [6, 6.07) is 9.44. The largest absolute Gasteiger partial charge is 0.367 e.